The Morgan fingerprint density at radius 2 is 1.14 bits per heavy atom. The Balaban J connectivity index is 1.64. The minimum Gasteiger partial charge on any atom is -0.281 e. The number of amides is 2. The van der Waals surface area contributed by atoms with Gasteiger partial charge in [0.05, 0.1) is 19.6 Å². The summed E-state index contributed by atoms with van der Waals surface area (Å²) in [4.78, 5) is 27.8. The van der Waals surface area contributed by atoms with Gasteiger partial charge in [0.15, 0.2) is 0 Å². The highest BCUT2D eigenvalue weighted by molar-refractivity contribution is 5.99. The maximum atomic E-state index is 12.3. The first kappa shape index (κ1) is 14.5. The second-order valence-corrected chi connectivity index (χ2v) is 5.49. The van der Waals surface area contributed by atoms with Crippen molar-refractivity contribution < 1.29 is 9.59 Å². The molecule has 1 fully saturated rings. The molecule has 1 heterocycles. The van der Waals surface area contributed by atoms with E-state index in [9.17, 15) is 9.59 Å². The minimum atomic E-state index is -0.129. The van der Waals surface area contributed by atoms with Gasteiger partial charge in [0.2, 0.25) is 11.8 Å². The quantitative estimate of drug-likeness (QED) is 0.810. The van der Waals surface area contributed by atoms with Gasteiger partial charge in [-0.2, -0.15) is 0 Å². The molecule has 0 saturated carbocycles. The van der Waals surface area contributed by atoms with E-state index < -0.39 is 0 Å². The van der Waals surface area contributed by atoms with Gasteiger partial charge in [-0.25, -0.2) is 0 Å². The highest BCUT2D eigenvalue weighted by Gasteiger charge is 2.30. The van der Waals surface area contributed by atoms with Crippen molar-refractivity contribution in [1.82, 2.24) is 9.80 Å². The maximum absolute atomic E-state index is 12.3. The van der Waals surface area contributed by atoms with Crippen LogP contribution in [0.1, 0.15) is 11.1 Å². The smallest absolute Gasteiger partial charge is 0.243 e. The fourth-order valence-electron chi connectivity index (χ4n) is 2.64. The van der Waals surface area contributed by atoms with E-state index in [0.717, 1.165) is 11.1 Å². The Morgan fingerprint density at radius 3 is 1.64 bits per heavy atom. The lowest BCUT2D eigenvalue weighted by Crippen LogP contribution is -2.53. The van der Waals surface area contributed by atoms with Crippen LogP contribution in [-0.2, 0) is 22.7 Å². The Hall–Kier alpha value is -2.46. The summed E-state index contributed by atoms with van der Waals surface area (Å²) in [7, 11) is 0. The summed E-state index contributed by atoms with van der Waals surface area (Å²) < 4.78 is 0. The highest BCUT2D eigenvalue weighted by Crippen LogP contribution is 2.13. The predicted octanol–water partition coefficient (Wildman–Crippen LogP) is 2.06. The van der Waals surface area contributed by atoms with Crippen LogP contribution in [0, 0.1) is 0 Å². The maximum Gasteiger partial charge on any atom is 0.243 e. The van der Waals surface area contributed by atoms with Crippen molar-refractivity contribution in [3.8, 4) is 0 Å². The second kappa shape index (κ2) is 6.54. The molecule has 1 aliphatic heterocycles. The van der Waals surface area contributed by atoms with Gasteiger partial charge in [0.25, 0.3) is 0 Å². The van der Waals surface area contributed by atoms with Crippen LogP contribution in [0.15, 0.2) is 60.7 Å². The summed E-state index contributed by atoms with van der Waals surface area (Å²) in [5.41, 5.74) is 2.08. The third-order valence-corrected chi connectivity index (χ3v) is 3.75. The molecule has 2 aromatic rings. The fraction of sp³-hybridized carbons (Fsp3) is 0.222. The number of carbonyl (C=O) groups excluding carboxylic acids is 2. The summed E-state index contributed by atoms with van der Waals surface area (Å²) in [5, 5.41) is 0. The van der Waals surface area contributed by atoms with Crippen LogP contribution in [0.5, 0.6) is 0 Å². The van der Waals surface area contributed by atoms with Gasteiger partial charge in [-0.3, -0.25) is 19.4 Å². The van der Waals surface area contributed by atoms with E-state index in [1.54, 1.807) is 0 Å². The van der Waals surface area contributed by atoms with Gasteiger partial charge < -0.3 is 0 Å². The average Bonchev–Trinajstić information content (AvgIpc) is 2.53. The Kier molecular flexibility index (Phi) is 4.30. The highest BCUT2D eigenvalue weighted by atomic mass is 16.2. The molecule has 1 saturated heterocycles. The number of rotatable bonds is 4. The first-order chi connectivity index (χ1) is 10.7. The van der Waals surface area contributed by atoms with Crippen molar-refractivity contribution in [1.29, 1.82) is 0 Å². The standard InChI is InChI=1S/C18H18N2O2/c21-17-13-19(11-15-7-3-1-4-8-15)14-18(22)20(17)12-16-9-5-2-6-10-16/h1-10H,11-14H2. The molecule has 0 atom stereocenters. The normalized spacial score (nSPS) is 16.1. The zero-order valence-corrected chi connectivity index (χ0v) is 12.3. The van der Waals surface area contributed by atoms with E-state index in [-0.39, 0.29) is 24.9 Å². The second-order valence-electron chi connectivity index (χ2n) is 5.49. The monoisotopic (exact) mass is 294 g/mol. The van der Waals surface area contributed by atoms with Crippen LogP contribution < -0.4 is 0 Å². The molecule has 4 nitrogen and oxygen atoms in total. The lowest BCUT2D eigenvalue weighted by Gasteiger charge is -2.32. The van der Waals surface area contributed by atoms with Crippen LogP contribution in [0.2, 0.25) is 0 Å². The molecule has 0 N–H and O–H groups in total. The van der Waals surface area contributed by atoms with Gasteiger partial charge in [-0.05, 0) is 11.1 Å². The van der Waals surface area contributed by atoms with Crippen molar-refractivity contribution in [2.24, 2.45) is 0 Å². The molecule has 3 rings (SSSR count). The zero-order valence-electron chi connectivity index (χ0n) is 12.3. The van der Waals surface area contributed by atoms with E-state index in [1.165, 1.54) is 4.90 Å². The number of imide groups is 1. The molecule has 0 radical (unpaired) electrons. The third-order valence-electron chi connectivity index (χ3n) is 3.75. The number of benzene rings is 2. The van der Waals surface area contributed by atoms with E-state index >= 15 is 0 Å². The van der Waals surface area contributed by atoms with Crippen molar-refractivity contribution in [3.63, 3.8) is 0 Å². The Bertz CT molecular complexity index is 637. The first-order valence-corrected chi connectivity index (χ1v) is 7.36. The van der Waals surface area contributed by atoms with E-state index in [2.05, 4.69) is 0 Å². The number of piperazine rings is 1. The summed E-state index contributed by atoms with van der Waals surface area (Å²) in [6, 6.07) is 19.5. The molecule has 0 unspecified atom stereocenters. The summed E-state index contributed by atoms with van der Waals surface area (Å²) in [6.07, 6.45) is 0. The number of nitrogens with zero attached hydrogens (tertiary/aromatic N) is 2. The number of hydrogen-bond acceptors (Lipinski definition) is 3. The third kappa shape index (κ3) is 3.40. The molecule has 22 heavy (non-hydrogen) atoms. The SMILES string of the molecule is O=C1CN(Cc2ccccc2)CC(=O)N1Cc1ccccc1. The topological polar surface area (TPSA) is 40.6 Å². The molecule has 1 aliphatic rings. The van der Waals surface area contributed by atoms with Crippen molar-refractivity contribution >= 4 is 11.8 Å². The van der Waals surface area contributed by atoms with Gasteiger partial charge in [-0.1, -0.05) is 60.7 Å². The predicted molar refractivity (Wildman–Crippen MR) is 83.7 cm³/mol. The summed E-state index contributed by atoms with van der Waals surface area (Å²) in [6.45, 7) is 1.55. The summed E-state index contributed by atoms with van der Waals surface area (Å²) >= 11 is 0. The van der Waals surface area contributed by atoms with Gasteiger partial charge in [0.1, 0.15) is 0 Å². The van der Waals surface area contributed by atoms with Gasteiger partial charge >= 0.3 is 0 Å². The van der Waals surface area contributed by atoms with Crippen molar-refractivity contribution in [2.45, 2.75) is 13.1 Å². The summed E-state index contributed by atoms with van der Waals surface area (Å²) in [5.74, 6) is -0.257. The van der Waals surface area contributed by atoms with E-state index in [0.29, 0.717) is 13.1 Å². The molecule has 0 aromatic heterocycles. The van der Waals surface area contributed by atoms with Crippen LogP contribution in [0.3, 0.4) is 0 Å². The van der Waals surface area contributed by atoms with Gasteiger partial charge in [0, 0.05) is 6.54 Å². The minimum absolute atomic E-state index is 0.129. The van der Waals surface area contributed by atoms with Gasteiger partial charge in [-0.15, -0.1) is 0 Å². The van der Waals surface area contributed by atoms with Crippen LogP contribution in [0.4, 0.5) is 0 Å². The van der Waals surface area contributed by atoms with E-state index in [4.69, 9.17) is 0 Å². The fourth-order valence-corrected chi connectivity index (χ4v) is 2.64. The zero-order chi connectivity index (χ0) is 15.4. The molecule has 2 aromatic carbocycles. The Labute approximate surface area is 130 Å². The first-order valence-electron chi connectivity index (χ1n) is 7.36. The number of hydrogen-bond donors (Lipinski definition) is 0. The van der Waals surface area contributed by atoms with E-state index in [1.807, 2.05) is 65.6 Å². The number of carbonyl (C=O) groups is 2. The lowest BCUT2D eigenvalue weighted by atomic mass is 10.1. The average molecular weight is 294 g/mol. The van der Waals surface area contributed by atoms with Crippen molar-refractivity contribution in [2.75, 3.05) is 13.1 Å². The molecule has 0 spiro atoms. The van der Waals surface area contributed by atoms with Crippen molar-refractivity contribution in [3.05, 3.63) is 71.8 Å². The Morgan fingerprint density at radius 1 is 0.682 bits per heavy atom. The lowest BCUT2D eigenvalue weighted by molar-refractivity contribution is -0.152. The van der Waals surface area contributed by atoms with Crippen LogP contribution in [0.25, 0.3) is 0 Å². The largest absolute Gasteiger partial charge is 0.281 e. The molecule has 4 heteroatoms. The molecule has 0 bridgehead atoms. The molecule has 0 aliphatic carbocycles. The molecule has 2 amide bonds. The molecule has 112 valence electrons. The molecular weight excluding hydrogens is 276 g/mol. The van der Waals surface area contributed by atoms with Crippen LogP contribution >= 0.6 is 0 Å². The molecular formula is C18H18N2O2. The van der Waals surface area contributed by atoms with Crippen LogP contribution in [-0.4, -0.2) is 34.7 Å².